The minimum absolute atomic E-state index is 0.162. The van der Waals surface area contributed by atoms with E-state index < -0.39 is 10.0 Å². The van der Waals surface area contributed by atoms with Gasteiger partial charge >= 0.3 is 0 Å². The maximum atomic E-state index is 12.7. The Morgan fingerprint density at radius 2 is 2.00 bits per heavy atom. The molecule has 0 atom stereocenters. The molecular weight excluding hydrogens is 380 g/mol. The van der Waals surface area contributed by atoms with Gasteiger partial charge in [0.1, 0.15) is 5.52 Å². The van der Waals surface area contributed by atoms with Gasteiger partial charge in [0.15, 0.2) is 0 Å². The summed E-state index contributed by atoms with van der Waals surface area (Å²) in [6, 6.07) is 8.32. The maximum Gasteiger partial charge on any atom is 0.243 e. The molecule has 1 amide bonds. The Morgan fingerprint density at radius 3 is 2.75 bits per heavy atom. The highest BCUT2D eigenvalue weighted by molar-refractivity contribution is 7.89. The second-order valence-corrected chi connectivity index (χ2v) is 8.55. The van der Waals surface area contributed by atoms with Crippen molar-refractivity contribution in [2.75, 3.05) is 18.4 Å². The van der Waals surface area contributed by atoms with Crippen LogP contribution in [0.15, 0.2) is 47.6 Å². The summed E-state index contributed by atoms with van der Waals surface area (Å²) >= 11 is 0. The molecule has 1 aromatic carbocycles. The number of amides is 1. The van der Waals surface area contributed by atoms with Gasteiger partial charge in [-0.2, -0.15) is 4.31 Å². The monoisotopic (exact) mass is 400 g/mol. The van der Waals surface area contributed by atoms with Crippen molar-refractivity contribution in [1.29, 1.82) is 0 Å². The smallest absolute Gasteiger partial charge is 0.243 e. The van der Waals surface area contributed by atoms with Gasteiger partial charge in [0.25, 0.3) is 0 Å². The van der Waals surface area contributed by atoms with E-state index in [0.29, 0.717) is 36.4 Å². The normalized spacial score (nSPS) is 15.1. The predicted octanol–water partition coefficient (Wildman–Crippen LogP) is 1.64. The fraction of sp³-hybridized carbons (Fsp3) is 0.333. The number of nitrogens with one attached hydrogen (secondary N) is 1. The molecule has 2 aromatic heterocycles. The highest BCUT2D eigenvalue weighted by atomic mass is 32.2. The highest BCUT2D eigenvalue weighted by Crippen LogP contribution is 2.23. The minimum Gasteiger partial charge on any atom is -0.325 e. The first-order valence-corrected chi connectivity index (χ1v) is 10.5. The molecular formula is C18H20N6O3S. The molecule has 4 rings (SSSR count). The molecule has 9 nitrogen and oxygen atoms in total. The van der Waals surface area contributed by atoms with Crippen molar-refractivity contribution in [2.45, 2.75) is 30.7 Å². The molecule has 10 heteroatoms. The van der Waals surface area contributed by atoms with Crippen LogP contribution in [-0.4, -0.2) is 51.7 Å². The molecule has 146 valence electrons. The number of nitrogens with zero attached hydrogens (tertiary/aromatic N) is 5. The van der Waals surface area contributed by atoms with Crippen LogP contribution in [0.25, 0.3) is 11.0 Å². The molecule has 1 aliphatic rings. The topological polar surface area (TPSA) is 110 Å². The van der Waals surface area contributed by atoms with E-state index in [1.54, 1.807) is 47.4 Å². The van der Waals surface area contributed by atoms with Crippen molar-refractivity contribution in [3.8, 4) is 0 Å². The zero-order valence-electron chi connectivity index (χ0n) is 15.2. The van der Waals surface area contributed by atoms with Crippen LogP contribution >= 0.6 is 0 Å². The van der Waals surface area contributed by atoms with Gasteiger partial charge < -0.3 is 5.32 Å². The lowest BCUT2D eigenvalue weighted by molar-refractivity contribution is -0.116. The summed E-state index contributed by atoms with van der Waals surface area (Å²) in [7, 11) is -3.49. The number of rotatable bonds is 6. The molecule has 1 aliphatic heterocycles. The Kier molecular flexibility index (Phi) is 5.05. The second kappa shape index (κ2) is 7.64. The number of carbonyl (C=O) groups excluding carboxylic acids is 1. The third-order valence-corrected chi connectivity index (χ3v) is 6.58. The molecule has 1 saturated heterocycles. The number of pyridine rings is 1. The van der Waals surface area contributed by atoms with Crippen LogP contribution in [0.1, 0.15) is 19.3 Å². The van der Waals surface area contributed by atoms with Crippen molar-refractivity contribution in [2.24, 2.45) is 0 Å². The molecule has 0 radical (unpaired) electrons. The Balaban J connectivity index is 1.47. The third-order valence-electron chi connectivity index (χ3n) is 4.68. The van der Waals surface area contributed by atoms with Gasteiger partial charge in [-0.3, -0.25) is 9.78 Å². The highest BCUT2D eigenvalue weighted by Gasteiger charge is 2.27. The molecule has 28 heavy (non-hydrogen) atoms. The van der Waals surface area contributed by atoms with E-state index >= 15 is 0 Å². The van der Waals surface area contributed by atoms with Crippen molar-refractivity contribution in [1.82, 2.24) is 24.3 Å². The van der Waals surface area contributed by atoms with Gasteiger partial charge in [0.2, 0.25) is 15.9 Å². The van der Waals surface area contributed by atoms with E-state index in [1.807, 2.05) is 0 Å². The molecule has 0 saturated carbocycles. The lowest BCUT2D eigenvalue weighted by Crippen LogP contribution is -2.27. The zero-order chi connectivity index (χ0) is 19.6. The van der Waals surface area contributed by atoms with Gasteiger partial charge in [-0.15, -0.1) is 5.10 Å². The average Bonchev–Trinajstić information content (AvgIpc) is 3.37. The lowest BCUT2D eigenvalue weighted by atomic mass is 10.3. The average molecular weight is 400 g/mol. The van der Waals surface area contributed by atoms with E-state index in [-0.39, 0.29) is 17.2 Å². The van der Waals surface area contributed by atoms with Gasteiger partial charge in [0, 0.05) is 25.7 Å². The van der Waals surface area contributed by atoms with Crippen LogP contribution in [-0.2, 0) is 21.4 Å². The number of sulfonamides is 1. The molecule has 0 unspecified atom stereocenters. The summed E-state index contributed by atoms with van der Waals surface area (Å²) in [5, 5.41) is 10.9. The largest absolute Gasteiger partial charge is 0.325 e. The van der Waals surface area contributed by atoms with E-state index in [2.05, 4.69) is 20.6 Å². The molecule has 1 fully saturated rings. The number of benzene rings is 1. The Hall–Kier alpha value is -2.85. The van der Waals surface area contributed by atoms with E-state index in [0.717, 1.165) is 12.8 Å². The fourth-order valence-electron chi connectivity index (χ4n) is 3.22. The number of hydrogen-bond donors (Lipinski definition) is 1. The Labute approximate surface area is 162 Å². The molecule has 1 N–H and O–H groups in total. The first-order chi connectivity index (χ1) is 13.5. The summed E-state index contributed by atoms with van der Waals surface area (Å²) in [5.41, 5.74) is 1.81. The number of aryl methyl sites for hydroxylation is 1. The standard InChI is InChI=1S/C18H20N6O3S/c25-18(20-14-4-3-8-19-13-14)7-11-24-17-6-5-15(12-16(17)21-22-24)28(26,27)23-9-1-2-10-23/h3-6,8,12-13H,1-2,7,9-11H2,(H,20,25). The number of fused-ring (bicyclic) bond motifs is 1. The quantitative estimate of drug-likeness (QED) is 0.674. The van der Waals surface area contributed by atoms with E-state index in [9.17, 15) is 13.2 Å². The minimum atomic E-state index is -3.49. The summed E-state index contributed by atoms with van der Waals surface area (Å²) < 4.78 is 28.5. The fourth-order valence-corrected chi connectivity index (χ4v) is 4.76. The Morgan fingerprint density at radius 1 is 1.18 bits per heavy atom. The Bertz CT molecular complexity index is 1090. The van der Waals surface area contributed by atoms with Crippen molar-refractivity contribution < 1.29 is 13.2 Å². The summed E-state index contributed by atoms with van der Waals surface area (Å²) in [4.78, 5) is 16.3. The van der Waals surface area contributed by atoms with E-state index in [1.165, 1.54) is 4.31 Å². The molecule has 0 bridgehead atoms. The number of hydrogen-bond acceptors (Lipinski definition) is 6. The van der Waals surface area contributed by atoms with Crippen LogP contribution in [0.3, 0.4) is 0 Å². The number of carbonyl (C=O) groups is 1. The van der Waals surface area contributed by atoms with Gasteiger partial charge in [-0.1, -0.05) is 5.21 Å². The predicted molar refractivity (Wildman–Crippen MR) is 103 cm³/mol. The molecule has 3 heterocycles. The number of anilines is 1. The van der Waals surface area contributed by atoms with Crippen LogP contribution in [0.4, 0.5) is 5.69 Å². The van der Waals surface area contributed by atoms with Crippen LogP contribution < -0.4 is 5.32 Å². The van der Waals surface area contributed by atoms with Crippen LogP contribution in [0.2, 0.25) is 0 Å². The zero-order valence-corrected chi connectivity index (χ0v) is 16.0. The molecule has 0 spiro atoms. The van der Waals surface area contributed by atoms with Crippen molar-refractivity contribution in [3.63, 3.8) is 0 Å². The SMILES string of the molecule is O=C(CCn1nnc2cc(S(=O)(=O)N3CCCC3)ccc21)Nc1cccnc1. The second-order valence-electron chi connectivity index (χ2n) is 6.61. The van der Waals surface area contributed by atoms with Gasteiger partial charge in [0.05, 0.1) is 28.8 Å². The lowest BCUT2D eigenvalue weighted by Gasteiger charge is -2.15. The summed E-state index contributed by atoms with van der Waals surface area (Å²) in [5.74, 6) is -0.162. The first-order valence-electron chi connectivity index (χ1n) is 9.07. The van der Waals surface area contributed by atoms with Crippen molar-refractivity contribution in [3.05, 3.63) is 42.7 Å². The van der Waals surface area contributed by atoms with Gasteiger partial charge in [-0.05, 0) is 43.2 Å². The first kappa shape index (κ1) is 18.5. The van der Waals surface area contributed by atoms with E-state index in [4.69, 9.17) is 0 Å². The van der Waals surface area contributed by atoms with Gasteiger partial charge in [-0.25, -0.2) is 13.1 Å². The summed E-state index contributed by atoms with van der Waals surface area (Å²) in [6.45, 7) is 1.44. The van der Waals surface area contributed by atoms with Crippen molar-refractivity contribution >= 4 is 32.7 Å². The third kappa shape index (κ3) is 3.73. The summed E-state index contributed by atoms with van der Waals surface area (Å²) in [6.07, 6.45) is 5.19. The molecule has 3 aromatic rings. The maximum absolute atomic E-state index is 12.7. The van der Waals surface area contributed by atoms with Crippen LogP contribution in [0.5, 0.6) is 0 Å². The molecule has 0 aliphatic carbocycles. The van der Waals surface area contributed by atoms with Crippen LogP contribution in [0, 0.1) is 0 Å². The number of aromatic nitrogens is 4.